The molecular weight excluding hydrogens is 554 g/mol. The highest BCUT2D eigenvalue weighted by atomic mass is 32.2. The van der Waals surface area contributed by atoms with Crippen LogP contribution in [0.5, 0.6) is 0 Å². The van der Waals surface area contributed by atoms with E-state index in [1.165, 1.54) is 35.5 Å². The highest BCUT2D eigenvalue weighted by Crippen LogP contribution is 2.41. The van der Waals surface area contributed by atoms with Gasteiger partial charge in [-0.2, -0.15) is 0 Å². The lowest BCUT2D eigenvalue weighted by Gasteiger charge is -2.49. The lowest BCUT2D eigenvalue weighted by Crippen LogP contribution is -2.71. The molecule has 0 aliphatic carbocycles. The number of aliphatic carboxylic acids is 1. The van der Waals surface area contributed by atoms with Crippen molar-refractivity contribution in [2.75, 3.05) is 24.3 Å². The number of hydrogen-bond acceptors (Lipinski definition) is 13. The number of anilines is 1. The number of oxime groups is 1. The maximum absolute atomic E-state index is 13.0. The molecule has 16 heteroatoms. The van der Waals surface area contributed by atoms with Crippen LogP contribution < -0.4 is 11.1 Å². The number of hydrogen-bond donors (Lipinski definition) is 3. The van der Waals surface area contributed by atoms with Gasteiger partial charge in [0.1, 0.15) is 29.9 Å². The van der Waals surface area contributed by atoms with Crippen LogP contribution >= 0.6 is 34.9 Å². The van der Waals surface area contributed by atoms with Crippen molar-refractivity contribution in [2.45, 2.75) is 16.6 Å². The maximum atomic E-state index is 13.0. The van der Waals surface area contributed by atoms with Crippen LogP contribution in [0, 0.1) is 0 Å². The van der Waals surface area contributed by atoms with Gasteiger partial charge in [0.25, 0.3) is 17.0 Å². The Labute approximate surface area is 227 Å². The van der Waals surface area contributed by atoms with Gasteiger partial charge in [-0.1, -0.05) is 35.1 Å². The minimum atomic E-state index is -1.24. The molecule has 2 atom stereocenters. The number of thioether (sulfide) groups is 2. The molecule has 4 heterocycles. The lowest BCUT2D eigenvalue weighted by atomic mass is 10.0. The van der Waals surface area contributed by atoms with E-state index in [1.807, 2.05) is 30.3 Å². The fourth-order valence-electron chi connectivity index (χ4n) is 3.81. The summed E-state index contributed by atoms with van der Waals surface area (Å²) in [6, 6.07) is 8.31. The molecule has 0 bridgehead atoms. The topological polar surface area (TPSA) is 186 Å². The Morgan fingerprint density at radius 2 is 2.13 bits per heavy atom. The van der Waals surface area contributed by atoms with Crippen LogP contribution in [-0.4, -0.2) is 78.7 Å². The third-order valence-electron chi connectivity index (χ3n) is 5.50. The van der Waals surface area contributed by atoms with E-state index in [4.69, 9.17) is 15.0 Å². The SMILES string of the molecule is CO/N=C(\C(=O)N[C@@H]1C(=O)N2C(C(=O)O)=C(CSc3nnc(-c4ccccc4)o3)CS[C@H]12)c1csc(N)n1. The van der Waals surface area contributed by atoms with Crippen LogP contribution in [-0.2, 0) is 19.2 Å². The number of carbonyl (C=O) groups excluding carboxylic acids is 2. The minimum absolute atomic E-state index is 0.113. The summed E-state index contributed by atoms with van der Waals surface area (Å²) in [6.45, 7) is 0. The van der Waals surface area contributed by atoms with Gasteiger partial charge in [0.05, 0.1) is 0 Å². The molecule has 13 nitrogen and oxygen atoms in total. The number of nitrogens with two attached hydrogens (primary N) is 1. The fourth-order valence-corrected chi connectivity index (χ4v) is 6.61. The molecule has 2 aliphatic rings. The van der Waals surface area contributed by atoms with Crippen LogP contribution in [0.25, 0.3) is 11.5 Å². The van der Waals surface area contributed by atoms with Gasteiger partial charge in [-0.05, 0) is 17.7 Å². The van der Waals surface area contributed by atoms with Gasteiger partial charge in [-0.25, -0.2) is 9.78 Å². The van der Waals surface area contributed by atoms with Crippen molar-refractivity contribution in [1.29, 1.82) is 0 Å². The predicted octanol–water partition coefficient (Wildman–Crippen LogP) is 1.66. The summed E-state index contributed by atoms with van der Waals surface area (Å²) in [5.41, 5.74) is 6.89. The smallest absolute Gasteiger partial charge is 0.352 e. The first-order chi connectivity index (χ1) is 18.4. The third-order valence-corrected chi connectivity index (χ3v) is 8.41. The van der Waals surface area contributed by atoms with Gasteiger partial charge in [0, 0.05) is 22.4 Å². The summed E-state index contributed by atoms with van der Waals surface area (Å²) in [4.78, 5) is 48.0. The molecule has 196 valence electrons. The van der Waals surface area contributed by atoms with Gasteiger partial charge in [0.15, 0.2) is 10.8 Å². The van der Waals surface area contributed by atoms with E-state index >= 15 is 0 Å². The van der Waals surface area contributed by atoms with Crippen molar-refractivity contribution in [2.24, 2.45) is 5.16 Å². The van der Waals surface area contributed by atoms with Crippen molar-refractivity contribution in [1.82, 2.24) is 25.4 Å². The molecule has 2 amide bonds. The molecule has 2 aromatic heterocycles. The Bertz CT molecular complexity index is 1450. The van der Waals surface area contributed by atoms with Crippen molar-refractivity contribution in [3.8, 4) is 11.5 Å². The molecule has 38 heavy (non-hydrogen) atoms. The Balaban J connectivity index is 1.28. The molecule has 2 aliphatic heterocycles. The van der Waals surface area contributed by atoms with Crippen LogP contribution in [0.15, 0.2) is 61.8 Å². The summed E-state index contributed by atoms with van der Waals surface area (Å²) >= 11 is 3.65. The Morgan fingerprint density at radius 3 is 2.82 bits per heavy atom. The highest BCUT2D eigenvalue weighted by Gasteiger charge is 2.54. The quantitative estimate of drug-likeness (QED) is 0.146. The second kappa shape index (κ2) is 10.8. The normalized spacial score (nSPS) is 19.1. The highest BCUT2D eigenvalue weighted by molar-refractivity contribution is 8.01. The van der Waals surface area contributed by atoms with E-state index in [0.717, 1.165) is 16.9 Å². The molecule has 0 saturated carbocycles. The molecule has 1 saturated heterocycles. The van der Waals surface area contributed by atoms with E-state index in [9.17, 15) is 19.5 Å². The largest absolute Gasteiger partial charge is 0.477 e. The van der Waals surface area contributed by atoms with E-state index in [-0.39, 0.29) is 33.2 Å². The second-order valence-electron chi connectivity index (χ2n) is 7.84. The number of benzene rings is 1. The van der Waals surface area contributed by atoms with E-state index in [1.54, 1.807) is 5.38 Å². The fraction of sp³-hybridized carbons (Fsp3) is 0.227. The van der Waals surface area contributed by atoms with Gasteiger partial charge >= 0.3 is 5.97 Å². The molecule has 3 aromatic rings. The van der Waals surface area contributed by atoms with Crippen LogP contribution in [0.4, 0.5) is 5.13 Å². The molecular formula is C22H19N7O6S3. The Hall–Kier alpha value is -3.89. The maximum Gasteiger partial charge on any atom is 0.352 e. The zero-order valence-corrected chi connectivity index (χ0v) is 22.0. The average molecular weight is 574 g/mol. The number of carboxylic acid groups (broad SMARTS) is 1. The summed E-state index contributed by atoms with van der Waals surface area (Å²) in [5, 5.41) is 25.8. The Kier molecular flexibility index (Phi) is 7.35. The van der Waals surface area contributed by atoms with Crippen LogP contribution in [0.1, 0.15) is 5.69 Å². The first-order valence-corrected chi connectivity index (χ1v) is 13.8. The summed E-state index contributed by atoms with van der Waals surface area (Å²) in [7, 11) is 1.27. The Morgan fingerprint density at radius 1 is 1.34 bits per heavy atom. The second-order valence-corrected chi connectivity index (χ2v) is 10.8. The molecule has 4 N–H and O–H groups in total. The number of fused-ring (bicyclic) bond motifs is 1. The van der Waals surface area contributed by atoms with E-state index in [0.29, 0.717) is 17.2 Å². The first-order valence-electron chi connectivity index (χ1n) is 10.9. The van der Waals surface area contributed by atoms with Gasteiger partial charge in [0.2, 0.25) is 5.89 Å². The minimum Gasteiger partial charge on any atom is -0.477 e. The van der Waals surface area contributed by atoms with Crippen molar-refractivity contribution in [3.05, 3.63) is 52.7 Å². The van der Waals surface area contributed by atoms with Crippen molar-refractivity contribution in [3.63, 3.8) is 0 Å². The first kappa shape index (κ1) is 25.7. The number of carbonyl (C=O) groups is 3. The van der Waals surface area contributed by atoms with Crippen molar-refractivity contribution >= 4 is 63.5 Å². The number of nitrogens with one attached hydrogen (secondary N) is 1. The average Bonchev–Trinajstić information content (AvgIpc) is 3.58. The molecule has 5 rings (SSSR count). The summed E-state index contributed by atoms with van der Waals surface area (Å²) < 4.78 is 5.68. The number of thiazole rings is 1. The number of carboxylic acids is 1. The molecule has 1 fully saturated rings. The van der Waals surface area contributed by atoms with Crippen LogP contribution in [0.2, 0.25) is 0 Å². The van der Waals surface area contributed by atoms with E-state index < -0.39 is 29.2 Å². The third kappa shape index (κ3) is 4.97. The zero-order chi connectivity index (χ0) is 26.8. The number of nitrogen functional groups attached to an aromatic ring is 1. The molecule has 1 aromatic carbocycles. The predicted molar refractivity (Wildman–Crippen MR) is 140 cm³/mol. The van der Waals surface area contributed by atoms with Crippen LogP contribution in [0.3, 0.4) is 0 Å². The van der Waals surface area contributed by atoms with Gasteiger partial charge < -0.3 is 25.4 Å². The van der Waals surface area contributed by atoms with Crippen molar-refractivity contribution < 1.29 is 28.7 Å². The van der Waals surface area contributed by atoms with Gasteiger partial charge in [-0.3, -0.25) is 14.5 Å². The summed E-state index contributed by atoms with van der Waals surface area (Å²) in [5.74, 6) is -1.56. The number of amides is 2. The molecule has 0 unspecified atom stereocenters. The van der Waals surface area contributed by atoms with E-state index in [2.05, 4.69) is 25.7 Å². The standard InChI is InChI=1S/C22H19N7O6S3/c1-34-28-13(12-9-37-21(23)24-12)16(30)25-14-18(31)29-15(20(32)33)11(7-36-19(14)29)8-38-22-27-26-17(35-22)10-5-3-2-4-6-10/h2-6,9,14,19H,7-8H2,1H3,(H2,23,24)(H,25,30)(H,32,33)/b28-13-/t14-,19-/m1/s1. The number of β-lactam (4-membered cyclic amide) rings is 1. The summed E-state index contributed by atoms with van der Waals surface area (Å²) in [6.07, 6.45) is 0. The number of aromatic nitrogens is 3. The molecule has 0 radical (unpaired) electrons. The number of nitrogens with zero attached hydrogens (tertiary/aromatic N) is 5. The lowest BCUT2D eigenvalue weighted by molar-refractivity contribution is -0.150. The number of rotatable bonds is 9. The monoisotopic (exact) mass is 573 g/mol. The zero-order valence-electron chi connectivity index (χ0n) is 19.6. The van der Waals surface area contributed by atoms with Gasteiger partial charge in [-0.15, -0.1) is 33.3 Å². The molecule has 0 spiro atoms.